The number of hydrogen-bond acceptors (Lipinski definition) is 2. The summed E-state index contributed by atoms with van der Waals surface area (Å²) >= 11 is 17.6. The average molecular weight is 401 g/mol. The number of carbonyl (C=O) groups is 2. The number of likely N-dealkylation sites (N-methyl/N-ethyl adjacent to an activating group) is 1. The van der Waals surface area contributed by atoms with Crippen LogP contribution in [0.15, 0.2) is 42.5 Å². The fraction of sp³-hybridized carbons (Fsp3) is 0.222. The van der Waals surface area contributed by atoms with Crippen molar-refractivity contribution in [3.63, 3.8) is 0 Å². The van der Waals surface area contributed by atoms with Gasteiger partial charge in [0, 0.05) is 16.3 Å². The molecule has 0 bridgehead atoms. The number of nitrogens with one attached hydrogen (secondary N) is 1. The molecule has 0 saturated carbocycles. The first kappa shape index (κ1) is 19.7. The monoisotopic (exact) mass is 399 g/mol. The smallest absolute Gasteiger partial charge is 0.279 e. The van der Waals surface area contributed by atoms with Crippen LogP contribution in [0.4, 0.5) is 5.69 Å². The highest BCUT2D eigenvalue weighted by Crippen LogP contribution is 2.25. The lowest BCUT2D eigenvalue weighted by Gasteiger charge is -2.28. The zero-order valence-corrected chi connectivity index (χ0v) is 16.1. The summed E-state index contributed by atoms with van der Waals surface area (Å²) in [6, 6.07) is 11.6. The SMILES string of the molecule is C[N+](C)(CC(=O)Nc1ccc(Cl)c(Cl)c1)CC(=O)c1ccc(Cl)cc1. The molecule has 4 nitrogen and oxygen atoms in total. The Morgan fingerprint density at radius 3 is 2.16 bits per heavy atom. The van der Waals surface area contributed by atoms with Crippen molar-refractivity contribution < 1.29 is 14.1 Å². The number of halogens is 3. The van der Waals surface area contributed by atoms with Gasteiger partial charge in [0.1, 0.15) is 6.54 Å². The van der Waals surface area contributed by atoms with Gasteiger partial charge in [0.25, 0.3) is 5.91 Å². The summed E-state index contributed by atoms with van der Waals surface area (Å²) in [6.45, 7) is 0.329. The molecule has 0 heterocycles. The lowest BCUT2D eigenvalue weighted by Crippen LogP contribution is -2.48. The van der Waals surface area contributed by atoms with Crippen LogP contribution in [0.2, 0.25) is 15.1 Å². The highest BCUT2D eigenvalue weighted by Gasteiger charge is 2.24. The number of rotatable bonds is 6. The predicted molar refractivity (Wildman–Crippen MR) is 103 cm³/mol. The molecule has 0 aromatic heterocycles. The van der Waals surface area contributed by atoms with E-state index in [1.807, 2.05) is 14.1 Å². The molecule has 1 amide bonds. The molecule has 2 aromatic rings. The second kappa shape index (κ2) is 8.19. The van der Waals surface area contributed by atoms with E-state index in [1.165, 1.54) is 0 Å². The van der Waals surface area contributed by atoms with Crippen LogP contribution in [0, 0.1) is 0 Å². The summed E-state index contributed by atoms with van der Waals surface area (Å²) < 4.78 is 0.217. The van der Waals surface area contributed by atoms with Gasteiger partial charge in [0.15, 0.2) is 6.54 Å². The van der Waals surface area contributed by atoms with Crippen molar-refractivity contribution in [2.24, 2.45) is 0 Å². The van der Waals surface area contributed by atoms with Crippen LogP contribution in [-0.4, -0.2) is 43.4 Å². The van der Waals surface area contributed by atoms with Gasteiger partial charge in [-0.1, -0.05) is 34.8 Å². The van der Waals surface area contributed by atoms with Crippen molar-refractivity contribution >= 4 is 52.2 Å². The van der Waals surface area contributed by atoms with Crippen molar-refractivity contribution in [2.45, 2.75) is 0 Å². The van der Waals surface area contributed by atoms with Crippen molar-refractivity contribution in [3.05, 3.63) is 63.1 Å². The first-order valence-electron chi connectivity index (χ1n) is 7.52. The first-order valence-corrected chi connectivity index (χ1v) is 8.65. The Balaban J connectivity index is 1.97. The maximum atomic E-state index is 12.4. The van der Waals surface area contributed by atoms with E-state index in [1.54, 1.807) is 42.5 Å². The Morgan fingerprint density at radius 2 is 1.56 bits per heavy atom. The molecule has 2 aromatic carbocycles. The van der Waals surface area contributed by atoms with Crippen LogP contribution in [0.25, 0.3) is 0 Å². The molecule has 0 aliphatic rings. The molecule has 0 aliphatic carbocycles. The maximum absolute atomic E-state index is 12.4. The van der Waals surface area contributed by atoms with Crippen LogP contribution in [0.5, 0.6) is 0 Å². The Kier molecular flexibility index (Phi) is 6.47. The van der Waals surface area contributed by atoms with E-state index in [9.17, 15) is 9.59 Å². The topological polar surface area (TPSA) is 46.2 Å². The van der Waals surface area contributed by atoms with Crippen molar-refractivity contribution in [2.75, 3.05) is 32.5 Å². The average Bonchev–Trinajstić information content (AvgIpc) is 2.50. The van der Waals surface area contributed by atoms with Gasteiger partial charge in [-0.25, -0.2) is 0 Å². The van der Waals surface area contributed by atoms with E-state index < -0.39 is 0 Å². The molecule has 0 atom stereocenters. The molecule has 0 saturated heterocycles. The van der Waals surface area contributed by atoms with Crippen LogP contribution in [0.1, 0.15) is 10.4 Å². The van der Waals surface area contributed by atoms with Gasteiger partial charge in [-0.3, -0.25) is 9.59 Å². The largest absolute Gasteiger partial charge is 0.321 e. The standard InChI is InChI=1S/C18H17Cl3N2O2/c1-23(2,10-17(24)12-3-5-13(19)6-4-12)11-18(25)22-14-7-8-15(20)16(21)9-14/h3-9H,10-11H2,1-2H3/p+1. The van der Waals surface area contributed by atoms with Crippen LogP contribution < -0.4 is 5.32 Å². The van der Waals surface area contributed by atoms with E-state index in [-0.39, 0.29) is 29.3 Å². The molecule has 132 valence electrons. The second-order valence-electron chi connectivity index (χ2n) is 6.36. The van der Waals surface area contributed by atoms with E-state index in [0.717, 1.165) is 0 Å². The molecule has 1 N–H and O–H groups in total. The van der Waals surface area contributed by atoms with Gasteiger partial charge in [0.05, 0.1) is 24.1 Å². The molecule has 2 rings (SSSR count). The lowest BCUT2D eigenvalue weighted by atomic mass is 10.1. The summed E-state index contributed by atoms with van der Waals surface area (Å²) in [4.78, 5) is 24.6. The molecule has 0 spiro atoms. The summed E-state index contributed by atoms with van der Waals surface area (Å²) in [7, 11) is 3.64. The van der Waals surface area contributed by atoms with Crippen molar-refractivity contribution in [1.82, 2.24) is 0 Å². The third-order valence-electron chi connectivity index (χ3n) is 3.51. The molecule has 0 unspecified atom stereocenters. The van der Waals surface area contributed by atoms with E-state index in [2.05, 4.69) is 5.32 Å². The van der Waals surface area contributed by atoms with Gasteiger partial charge in [-0.05, 0) is 42.5 Å². The lowest BCUT2D eigenvalue weighted by molar-refractivity contribution is -0.873. The van der Waals surface area contributed by atoms with Gasteiger partial charge in [-0.15, -0.1) is 0 Å². The van der Waals surface area contributed by atoms with E-state index in [4.69, 9.17) is 34.8 Å². The Hall–Kier alpha value is -1.59. The number of quaternary nitrogens is 1. The Bertz CT molecular complexity index is 789. The van der Waals surface area contributed by atoms with Crippen LogP contribution in [0.3, 0.4) is 0 Å². The highest BCUT2D eigenvalue weighted by molar-refractivity contribution is 6.42. The van der Waals surface area contributed by atoms with Crippen molar-refractivity contribution in [1.29, 1.82) is 0 Å². The molecule has 0 radical (unpaired) electrons. The third-order valence-corrected chi connectivity index (χ3v) is 4.50. The summed E-state index contributed by atoms with van der Waals surface area (Å²) in [6.07, 6.45) is 0. The number of carbonyl (C=O) groups excluding carboxylic acids is 2. The zero-order valence-electron chi connectivity index (χ0n) is 13.9. The van der Waals surface area contributed by atoms with Gasteiger partial charge < -0.3 is 9.80 Å². The number of amides is 1. The number of benzene rings is 2. The first-order chi connectivity index (χ1) is 11.7. The van der Waals surface area contributed by atoms with Gasteiger partial charge >= 0.3 is 0 Å². The number of Topliss-reactive ketones (excluding diaryl/α,β-unsaturated/α-hetero) is 1. The van der Waals surface area contributed by atoms with Crippen LogP contribution >= 0.6 is 34.8 Å². The summed E-state index contributed by atoms with van der Waals surface area (Å²) in [5, 5.41) is 4.12. The Morgan fingerprint density at radius 1 is 0.920 bits per heavy atom. The molecule has 0 fully saturated rings. The minimum atomic E-state index is -0.215. The summed E-state index contributed by atoms with van der Waals surface area (Å²) in [5.41, 5.74) is 1.13. The highest BCUT2D eigenvalue weighted by atomic mass is 35.5. The number of anilines is 1. The second-order valence-corrected chi connectivity index (χ2v) is 7.61. The fourth-order valence-corrected chi connectivity index (χ4v) is 2.76. The van der Waals surface area contributed by atoms with E-state index >= 15 is 0 Å². The minimum Gasteiger partial charge on any atom is -0.321 e. The van der Waals surface area contributed by atoms with E-state index in [0.29, 0.717) is 26.3 Å². The van der Waals surface area contributed by atoms with Gasteiger partial charge in [0.2, 0.25) is 5.78 Å². The van der Waals surface area contributed by atoms with Crippen LogP contribution in [-0.2, 0) is 4.79 Å². The summed E-state index contributed by atoms with van der Waals surface area (Å²) in [5.74, 6) is -0.267. The molecular weight excluding hydrogens is 383 g/mol. The molecule has 0 aliphatic heterocycles. The number of nitrogens with zero attached hydrogens (tertiary/aromatic N) is 1. The predicted octanol–water partition coefficient (Wildman–Crippen LogP) is 4.54. The number of ketones is 1. The Labute approximate surface area is 161 Å². The quantitative estimate of drug-likeness (QED) is 0.571. The van der Waals surface area contributed by atoms with Gasteiger partial charge in [-0.2, -0.15) is 0 Å². The molecule has 7 heteroatoms. The minimum absolute atomic E-state index is 0.0518. The fourth-order valence-electron chi connectivity index (χ4n) is 2.33. The third kappa shape index (κ3) is 6.01. The number of hydrogen-bond donors (Lipinski definition) is 1. The zero-order chi connectivity index (χ0) is 18.6. The normalized spacial score (nSPS) is 11.2. The van der Waals surface area contributed by atoms with Crippen molar-refractivity contribution in [3.8, 4) is 0 Å². The molecule has 25 heavy (non-hydrogen) atoms. The maximum Gasteiger partial charge on any atom is 0.279 e. The molecular formula is C18H18Cl3N2O2+.